The van der Waals surface area contributed by atoms with Crippen LogP contribution in [0.15, 0.2) is 47.3 Å². The summed E-state index contributed by atoms with van der Waals surface area (Å²) in [5.74, 6) is -1.23. The molecule has 0 unspecified atom stereocenters. The summed E-state index contributed by atoms with van der Waals surface area (Å²) in [5.41, 5.74) is 5.59. The highest BCUT2D eigenvalue weighted by molar-refractivity contribution is 6.36. The normalized spacial score (nSPS) is 11.1. The van der Waals surface area contributed by atoms with Crippen LogP contribution in [0.3, 0.4) is 0 Å². The molecule has 4 rings (SSSR count). The Balaban J connectivity index is 2.06. The number of nitrogens with zero attached hydrogens (tertiary/aromatic N) is 3. The van der Waals surface area contributed by atoms with Gasteiger partial charge in [-0.15, -0.1) is 0 Å². The van der Waals surface area contributed by atoms with Gasteiger partial charge in [0.05, 0.1) is 10.7 Å². The van der Waals surface area contributed by atoms with Crippen LogP contribution in [-0.4, -0.2) is 25.4 Å². The van der Waals surface area contributed by atoms with E-state index in [4.69, 9.17) is 28.9 Å². The van der Waals surface area contributed by atoms with Crippen LogP contribution in [0.1, 0.15) is 10.5 Å². The maximum Gasteiger partial charge on any atom is 0.332 e. The van der Waals surface area contributed by atoms with E-state index in [1.54, 1.807) is 12.1 Å². The van der Waals surface area contributed by atoms with E-state index in [1.807, 2.05) is 0 Å². The zero-order chi connectivity index (χ0) is 20.0. The van der Waals surface area contributed by atoms with Crippen molar-refractivity contribution in [2.45, 2.75) is 0 Å². The van der Waals surface area contributed by atoms with Crippen molar-refractivity contribution < 1.29 is 9.18 Å². The van der Waals surface area contributed by atoms with E-state index < -0.39 is 17.4 Å². The second-order valence-corrected chi connectivity index (χ2v) is 6.67. The molecule has 2 aromatic heterocycles. The molecule has 1 amide bonds. The number of aromatic nitrogens is 4. The summed E-state index contributed by atoms with van der Waals surface area (Å²) in [5, 5.41) is 0.670. The van der Waals surface area contributed by atoms with E-state index in [-0.39, 0.29) is 27.7 Å². The smallest absolute Gasteiger partial charge is 0.332 e. The van der Waals surface area contributed by atoms with Crippen molar-refractivity contribution in [2.24, 2.45) is 5.73 Å². The Labute approximate surface area is 166 Å². The fourth-order valence-corrected chi connectivity index (χ4v) is 3.28. The highest BCUT2D eigenvalue weighted by Crippen LogP contribution is 2.29. The molecule has 0 bridgehead atoms. The molecule has 0 radical (unpaired) electrons. The Hall–Kier alpha value is -3.23. The molecule has 28 heavy (non-hydrogen) atoms. The van der Waals surface area contributed by atoms with Gasteiger partial charge in [0.2, 0.25) is 0 Å². The van der Waals surface area contributed by atoms with Crippen LogP contribution in [0.5, 0.6) is 0 Å². The Kier molecular flexibility index (Phi) is 4.37. The number of halogens is 3. The number of primary amides is 1. The van der Waals surface area contributed by atoms with E-state index in [0.29, 0.717) is 16.3 Å². The third-order valence-electron chi connectivity index (χ3n) is 4.03. The number of hydrogen-bond acceptors (Lipinski definition) is 4. The molecule has 3 N–H and O–H groups in total. The molecule has 140 valence electrons. The first-order valence-corrected chi connectivity index (χ1v) is 8.64. The number of rotatable bonds is 3. The van der Waals surface area contributed by atoms with Gasteiger partial charge in [0.1, 0.15) is 11.3 Å². The van der Waals surface area contributed by atoms with Gasteiger partial charge < -0.3 is 10.7 Å². The van der Waals surface area contributed by atoms with Gasteiger partial charge >= 0.3 is 5.69 Å². The molecule has 0 saturated heterocycles. The number of nitrogens with one attached hydrogen (secondary N) is 1. The lowest BCUT2D eigenvalue weighted by molar-refractivity contribution is 0.0997. The van der Waals surface area contributed by atoms with Crippen LogP contribution in [0.4, 0.5) is 4.39 Å². The number of carbonyl (C=O) groups excluding carboxylic acids is 1. The van der Waals surface area contributed by atoms with E-state index in [9.17, 15) is 14.0 Å². The van der Waals surface area contributed by atoms with Gasteiger partial charge in [-0.1, -0.05) is 23.2 Å². The van der Waals surface area contributed by atoms with E-state index >= 15 is 0 Å². The molecule has 10 heteroatoms. The van der Waals surface area contributed by atoms with Crippen LogP contribution in [0, 0.1) is 5.82 Å². The van der Waals surface area contributed by atoms with Crippen molar-refractivity contribution in [1.29, 1.82) is 0 Å². The SMILES string of the molecule is NC(=O)c1nc(-c2ccc(Cl)cc2Cl)nc2c1[nH]c(=O)n2-c1ccc(F)cc1. The van der Waals surface area contributed by atoms with Crippen LogP contribution in [0.25, 0.3) is 28.2 Å². The Morgan fingerprint density at radius 2 is 1.82 bits per heavy atom. The Bertz CT molecular complexity index is 1300. The lowest BCUT2D eigenvalue weighted by Crippen LogP contribution is -2.15. The zero-order valence-electron chi connectivity index (χ0n) is 13.9. The first-order chi connectivity index (χ1) is 13.3. The second kappa shape index (κ2) is 6.74. The number of aromatic amines is 1. The highest BCUT2D eigenvalue weighted by atomic mass is 35.5. The maximum absolute atomic E-state index is 13.3. The number of nitrogens with two attached hydrogens (primary N) is 1. The molecule has 0 spiro atoms. The van der Waals surface area contributed by atoms with Crippen molar-refractivity contribution in [2.75, 3.05) is 0 Å². The molecule has 0 atom stereocenters. The van der Waals surface area contributed by atoms with Crippen molar-refractivity contribution in [3.8, 4) is 17.1 Å². The van der Waals surface area contributed by atoms with Gasteiger partial charge in [-0.3, -0.25) is 4.79 Å². The van der Waals surface area contributed by atoms with Crippen molar-refractivity contribution in [1.82, 2.24) is 19.5 Å². The molecular formula is C18H10Cl2FN5O2. The fourth-order valence-electron chi connectivity index (χ4n) is 2.78. The van der Waals surface area contributed by atoms with Gasteiger partial charge in [-0.2, -0.15) is 0 Å². The number of benzene rings is 2. The summed E-state index contributed by atoms with van der Waals surface area (Å²) < 4.78 is 14.5. The molecule has 0 aliphatic heterocycles. The van der Waals surface area contributed by atoms with Gasteiger partial charge in [-0.25, -0.2) is 23.7 Å². The molecule has 2 heterocycles. The van der Waals surface area contributed by atoms with Crippen molar-refractivity contribution >= 4 is 40.3 Å². The predicted molar refractivity (Wildman–Crippen MR) is 103 cm³/mol. The van der Waals surface area contributed by atoms with Crippen LogP contribution < -0.4 is 11.4 Å². The average molecular weight is 418 g/mol. The highest BCUT2D eigenvalue weighted by Gasteiger charge is 2.21. The molecule has 7 nitrogen and oxygen atoms in total. The molecule has 4 aromatic rings. The molecule has 2 aromatic carbocycles. The Morgan fingerprint density at radius 3 is 2.46 bits per heavy atom. The van der Waals surface area contributed by atoms with Crippen molar-refractivity contribution in [3.05, 3.63) is 74.5 Å². The number of fused-ring (bicyclic) bond motifs is 1. The van der Waals surface area contributed by atoms with E-state index in [2.05, 4.69) is 15.0 Å². The lowest BCUT2D eigenvalue weighted by atomic mass is 10.2. The number of hydrogen-bond donors (Lipinski definition) is 2. The number of H-pyrrole nitrogens is 1. The number of amides is 1. The summed E-state index contributed by atoms with van der Waals surface area (Å²) in [6.45, 7) is 0. The molecule has 0 aliphatic rings. The second-order valence-electron chi connectivity index (χ2n) is 5.82. The van der Waals surface area contributed by atoms with Crippen LogP contribution in [0.2, 0.25) is 10.0 Å². The monoisotopic (exact) mass is 417 g/mol. The number of carbonyl (C=O) groups is 1. The first kappa shape index (κ1) is 18.1. The minimum Gasteiger partial charge on any atom is -0.364 e. The fraction of sp³-hybridized carbons (Fsp3) is 0. The molecule has 0 aliphatic carbocycles. The van der Waals surface area contributed by atoms with Crippen LogP contribution in [-0.2, 0) is 0 Å². The summed E-state index contributed by atoms with van der Waals surface area (Å²) in [6, 6.07) is 9.89. The lowest BCUT2D eigenvalue weighted by Gasteiger charge is -2.08. The number of imidazole rings is 1. The summed E-state index contributed by atoms with van der Waals surface area (Å²) >= 11 is 12.2. The quantitative estimate of drug-likeness (QED) is 0.532. The van der Waals surface area contributed by atoms with Gasteiger partial charge in [0.15, 0.2) is 17.2 Å². The van der Waals surface area contributed by atoms with Gasteiger partial charge in [-0.05, 0) is 42.5 Å². The topological polar surface area (TPSA) is 107 Å². The van der Waals surface area contributed by atoms with Crippen molar-refractivity contribution in [3.63, 3.8) is 0 Å². The molecular weight excluding hydrogens is 408 g/mol. The maximum atomic E-state index is 13.3. The third-order valence-corrected chi connectivity index (χ3v) is 4.57. The average Bonchev–Trinajstić information content (AvgIpc) is 2.97. The largest absolute Gasteiger partial charge is 0.364 e. The minimum atomic E-state index is -0.855. The predicted octanol–water partition coefficient (Wildman–Crippen LogP) is 3.32. The molecule has 0 fully saturated rings. The first-order valence-electron chi connectivity index (χ1n) is 7.89. The van der Waals surface area contributed by atoms with Crippen LogP contribution >= 0.6 is 23.2 Å². The summed E-state index contributed by atoms with van der Waals surface area (Å²) in [7, 11) is 0. The van der Waals surface area contributed by atoms with Gasteiger partial charge in [0.25, 0.3) is 5.91 Å². The van der Waals surface area contributed by atoms with E-state index in [0.717, 1.165) is 0 Å². The third kappa shape index (κ3) is 3.02. The standard InChI is InChI=1S/C18H10Cl2FN5O2/c19-8-1-6-11(12(20)7-8)16-23-13(15(22)27)14-17(25-16)26(18(28)24-14)10-4-2-9(21)3-5-10/h1-7H,(H2,22,27)(H,24,28). The Morgan fingerprint density at radius 1 is 1.11 bits per heavy atom. The zero-order valence-corrected chi connectivity index (χ0v) is 15.4. The van der Waals surface area contributed by atoms with E-state index in [1.165, 1.54) is 34.9 Å². The minimum absolute atomic E-state index is 0.0654. The molecule has 0 saturated carbocycles. The van der Waals surface area contributed by atoms with Gasteiger partial charge in [0, 0.05) is 10.6 Å². The summed E-state index contributed by atoms with van der Waals surface area (Å²) in [6.07, 6.45) is 0. The summed E-state index contributed by atoms with van der Waals surface area (Å²) in [4.78, 5) is 35.5.